The van der Waals surface area contributed by atoms with E-state index in [0.29, 0.717) is 6.07 Å². The molecule has 0 atom stereocenters. The Kier molecular flexibility index (Phi) is 5.89. The number of benzene rings is 2. The molecule has 162 valence electrons. The third kappa shape index (κ3) is 4.77. The van der Waals surface area contributed by atoms with Crippen LogP contribution < -0.4 is 9.46 Å². The molecule has 3 aromatic rings. The average Bonchev–Trinajstić information content (AvgIpc) is 2.73. The minimum Gasteiger partial charge on any atom is -0.495 e. The zero-order valence-electron chi connectivity index (χ0n) is 15.8. The summed E-state index contributed by atoms with van der Waals surface area (Å²) in [5.41, 5.74) is -1.45. The molecule has 0 bridgehead atoms. The van der Waals surface area contributed by atoms with Crippen LogP contribution in [0.5, 0.6) is 5.75 Å². The van der Waals surface area contributed by atoms with Crippen molar-refractivity contribution in [3.05, 3.63) is 71.9 Å². The molecule has 1 aromatic heterocycles. The Hall–Kier alpha value is -3.60. The van der Waals surface area contributed by atoms with Gasteiger partial charge in [-0.25, -0.2) is 13.2 Å². The molecular weight excluding hydrogens is 437 g/mol. The maximum Gasteiger partial charge on any atom is 0.416 e. The van der Waals surface area contributed by atoms with E-state index in [1.54, 1.807) is 12.1 Å². The van der Waals surface area contributed by atoms with Gasteiger partial charge in [-0.15, -0.1) is 0 Å². The zero-order valence-corrected chi connectivity index (χ0v) is 16.7. The number of hydrogen-bond donors (Lipinski definition) is 2. The van der Waals surface area contributed by atoms with E-state index in [-0.39, 0.29) is 28.3 Å². The van der Waals surface area contributed by atoms with Gasteiger partial charge in [0.1, 0.15) is 10.6 Å². The third-order valence-electron chi connectivity index (χ3n) is 4.23. The van der Waals surface area contributed by atoms with Gasteiger partial charge in [0.05, 0.1) is 29.6 Å². The van der Waals surface area contributed by atoms with Crippen LogP contribution in [0.1, 0.15) is 15.9 Å². The topological polar surface area (TPSA) is 106 Å². The van der Waals surface area contributed by atoms with E-state index in [1.165, 1.54) is 19.4 Å². The normalized spacial score (nSPS) is 11.7. The van der Waals surface area contributed by atoms with E-state index < -0.39 is 32.6 Å². The molecule has 1 heterocycles. The molecule has 0 saturated heterocycles. The number of sulfonamides is 1. The van der Waals surface area contributed by atoms with Gasteiger partial charge >= 0.3 is 12.1 Å². The summed E-state index contributed by atoms with van der Waals surface area (Å²) in [6, 6.07) is 10.4. The Morgan fingerprint density at radius 1 is 1.10 bits per heavy atom. The van der Waals surface area contributed by atoms with E-state index in [0.717, 1.165) is 30.3 Å². The standard InChI is InChI=1S/C20H15F3N2O5S/c1-30-17-8-5-12(19(26)27)10-18(17)31(28,29)25-16-11-13(20(21,22)23)6-7-14(16)15-4-2-3-9-24-15/h2-11,25H,1H3,(H,26,27). The molecular formula is C20H15F3N2O5S. The smallest absolute Gasteiger partial charge is 0.416 e. The van der Waals surface area contributed by atoms with Gasteiger partial charge in [0.15, 0.2) is 0 Å². The van der Waals surface area contributed by atoms with Crippen molar-refractivity contribution in [3.63, 3.8) is 0 Å². The molecule has 31 heavy (non-hydrogen) atoms. The summed E-state index contributed by atoms with van der Waals surface area (Å²) in [7, 11) is -3.36. The average molecular weight is 452 g/mol. The van der Waals surface area contributed by atoms with Crippen LogP contribution in [0.4, 0.5) is 18.9 Å². The third-order valence-corrected chi connectivity index (χ3v) is 5.62. The second-order valence-electron chi connectivity index (χ2n) is 6.25. The monoisotopic (exact) mass is 452 g/mol. The molecule has 0 radical (unpaired) electrons. The van der Waals surface area contributed by atoms with E-state index in [4.69, 9.17) is 9.84 Å². The van der Waals surface area contributed by atoms with E-state index in [9.17, 15) is 26.4 Å². The van der Waals surface area contributed by atoms with Crippen molar-refractivity contribution in [2.24, 2.45) is 0 Å². The number of rotatable bonds is 6. The Morgan fingerprint density at radius 2 is 1.84 bits per heavy atom. The van der Waals surface area contributed by atoms with Crippen molar-refractivity contribution < 1.29 is 36.2 Å². The number of aromatic nitrogens is 1. The van der Waals surface area contributed by atoms with Crippen LogP contribution >= 0.6 is 0 Å². The van der Waals surface area contributed by atoms with Crippen LogP contribution in [-0.2, 0) is 16.2 Å². The second kappa shape index (κ2) is 8.26. The van der Waals surface area contributed by atoms with Crippen molar-refractivity contribution in [2.45, 2.75) is 11.1 Å². The van der Waals surface area contributed by atoms with Crippen LogP contribution in [0, 0.1) is 0 Å². The number of methoxy groups -OCH3 is 1. The maximum absolute atomic E-state index is 13.2. The van der Waals surface area contributed by atoms with Crippen LogP contribution in [0.3, 0.4) is 0 Å². The summed E-state index contributed by atoms with van der Waals surface area (Å²) in [6.45, 7) is 0. The minimum atomic E-state index is -4.72. The molecule has 0 fully saturated rings. The van der Waals surface area contributed by atoms with Crippen molar-refractivity contribution in [3.8, 4) is 17.0 Å². The summed E-state index contributed by atoms with van der Waals surface area (Å²) in [5, 5.41) is 9.16. The van der Waals surface area contributed by atoms with Gasteiger partial charge in [-0.3, -0.25) is 9.71 Å². The predicted octanol–water partition coefficient (Wildman–Crippen LogP) is 4.28. The summed E-state index contributed by atoms with van der Waals surface area (Å²) in [6.07, 6.45) is -3.31. The molecule has 3 rings (SSSR count). The molecule has 0 saturated carbocycles. The van der Waals surface area contributed by atoms with Crippen LogP contribution in [0.25, 0.3) is 11.3 Å². The van der Waals surface area contributed by atoms with Gasteiger partial charge in [-0.2, -0.15) is 13.2 Å². The number of nitrogens with one attached hydrogen (secondary N) is 1. The van der Waals surface area contributed by atoms with Gasteiger partial charge in [0.25, 0.3) is 10.0 Å². The molecule has 2 aromatic carbocycles. The molecule has 2 N–H and O–H groups in total. The lowest BCUT2D eigenvalue weighted by atomic mass is 10.1. The summed E-state index contributed by atoms with van der Waals surface area (Å²) >= 11 is 0. The predicted molar refractivity (Wildman–Crippen MR) is 105 cm³/mol. The zero-order chi connectivity index (χ0) is 22.8. The molecule has 11 heteroatoms. The van der Waals surface area contributed by atoms with Crippen molar-refractivity contribution >= 4 is 21.7 Å². The van der Waals surface area contributed by atoms with Gasteiger partial charge in [-0.1, -0.05) is 12.1 Å². The number of aromatic carboxylic acids is 1. The van der Waals surface area contributed by atoms with Crippen molar-refractivity contribution in [1.82, 2.24) is 4.98 Å². The first kappa shape index (κ1) is 22.1. The Labute approximate surface area is 175 Å². The fourth-order valence-electron chi connectivity index (χ4n) is 2.77. The fraction of sp³-hybridized carbons (Fsp3) is 0.100. The van der Waals surface area contributed by atoms with E-state index >= 15 is 0 Å². The highest BCUT2D eigenvalue weighted by atomic mass is 32.2. The number of anilines is 1. The number of carbonyl (C=O) groups is 1. The van der Waals surface area contributed by atoms with Crippen LogP contribution in [0.2, 0.25) is 0 Å². The lowest BCUT2D eigenvalue weighted by molar-refractivity contribution is -0.137. The molecule has 0 unspecified atom stereocenters. The highest BCUT2D eigenvalue weighted by Gasteiger charge is 2.32. The molecule has 0 aliphatic heterocycles. The first-order chi connectivity index (χ1) is 14.5. The number of pyridine rings is 1. The second-order valence-corrected chi connectivity index (χ2v) is 7.90. The van der Waals surface area contributed by atoms with E-state index in [2.05, 4.69) is 9.71 Å². The number of alkyl halides is 3. The van der Waals surface area contributed by atoms with Crippen LogP contribution in [-0.4, -0.2) is 31.6 Å². The number of halogens is 3. The lowest BCUT2D eigenvalue weighted by Gasteiger charge is -2.17. The van der Waals surface area contributed by atoms with Gasteiger partial charge in [0.2, 0.25) is 0 Å². The quantitative estimate of drug-likeness (QED) is 0.579. The molecule has 0 aliphatic carbocycles. The Morgan fingerprint density at radius 3 is 2.42 bits per heavy atom. The first-order valence-corrected chi connectivity index (χ1v) is 10.1. The molecule has 7 nitrogen and oxygen atoms in total. The number of nitrogens with zero attached hydrogens (tertiary/aromatic N) is 1. The lowest BCUT2D eigenvalue weighted by Crippen LogP contribution is -2.16. The van der Waals surface area contributed by atoms with Crippen molar-refractivity contribution in [2.75, 3.05) is 11.8 Å². The maximum atomic E-state index is 13.2. The Balaban J connectivity index is 2.17. The Bertz CT molecular complexity index is 1230. The van der Waals surface area contributed by atoms with Gasteiger partial charge < -0.3 is 9.84 Å². The van der Waals surface area contributed by atoms with Gasteiger partial charge in [-0.05, 0) is 42.5 Å². The van der Waals surface area contributed by atoms with Gasteiger partial charge in [0, 0.05) is 11.8 Å². The number of carboxylic acids is 1. The summed E-state index contributed by atoms with van der Waals surface area (Å²) < 4.78 is 72.9. The SMILES string of the molecule is COc1ccc(C(=O)O)cc1S(=O)(=O)Nc1cc(C(F)(F)F)ccc1-c1ccccn1. The highest BCUT2D eigenvalue weighted by Crippen LogP contribution is 2.37. The largest absolute Gasteiger partial charge is 0.495 e. The minimum absolute atomic E-state index is 0.102. The summed E-state index contributed by atoms with van der Waals surface area (Å²) in [5.74, 6) is -1.56. The van der Waals surface area contributed by atoms with Crippen LogP contribution in [0.15, 0.2) is 65.7 Å². The van der Waals surface area contributed by atoms with Crippen molar-refractivity contribution in [1.29, 1.82) is 0 Å². The van der Waals surface area contributed by atoms with E-state index in [1.807, 2.05) is 0 Å². The molecule has 0 aliphatic rings. The number of carboxylic acid groups (broad SMARTS) is 1. The fourth-order valence-corrected chi connectivity index (χ4v) is 4.04. The number of hydrogen-bond acceptors (Lipinski definition) is 5. The molecule has 0 amide bonds. The highest BCUT2D eigenvalue weighted by molar-refractivity contribution is 7.92. The summed E-state index contributed by atoms with van der Waals surface area (Å²) in [4.78, 5) is 14.8. The first-order valence-electron chi connectivity index (χ1n) is 8.60. The number of ether oxygens (including phenoxy) is 1. The molecule has 0 spiro atoms.